The highest BCUT2D eigenvalue weighted by molar-refractivity contribution is 6.03. The Hall–Kier alpha value is -2.47. The molecule has 1 saturated heterocycles. The number of amides is 1. The van der Waals surface area contributed by atoms with Gasteiger partial charge in [-0.05, 0) is 32.5 Å². The van der Waals surface area contributed by atoms with Gasteiger partial charge in [-0.1, -0.05) is 17.7 Å². The van der Waals surface area contributed by atoms with Crippen molar-refractivity contribution in [3.05, 3.63) is 47.4 Å². The zero-order chi connectivity index (χ0) is 17.1. The largest absolute Gasteiger partial charge is 0.354 e. The van der Waals surface area contributed by atoms with Crippen LogP contribution in [0.15, 0.2) is 30.6 Å². The molecule has 0 radical (unpaired) electrons. The van der Waals surface area contributed by atoms with Gasteiger partial charge < -0.3 is 15.1 Å². The fourth-order valence-corrected chi connectivity index (χ4v) is 2.82. The van der Waals surface area contributed by atoms with Gasteiger partial charge in [0.2, 0.25) is 0 Å². The third-order valence-corrected chi connectivity index (χ3v) is 4.34. The summed E-state index contributed by atoms with van der Waals surface area (Å²) in [6, 6.07) is 7.72. The Kier molecular flexibility index (Phi) is 4.76. The molecule has 0 saturated carbocycles. The molecule has 6 heteroatoms. The van der Waals surface area contributed by atoms with Gasteiger partial charge in [0.1, 0.15) is 17.8 Å². The third-order valence-electron chi connectivity index (χ3n) is 4.34. The van der Waals surface area contributed by atoms with Gasteiger partial charge in [0, 0.05) is 37.9 Å². The van der Waals surface area contributed by atoms with E-state index in [1.54, 1.807) is 6.07 Å². The first-order valence-electron chi connectivity index (χ1n) is 8.17. The highest BCUT2D eigenvalue weighted by atomic mass is 16.1. The first kappa shape index (κ1) is 16.4. The number of aromatic nitrogens is 2. The summed E-state index contributed by atoms with van der Waals surface area (Å²) in [5.74, 6) is 0.601. The van der Waals surface area contributed by atoms with E-state index in [1.807, 2.05) is 32.0 Å². The molecular formula is C18H23N5O. The van der Waals surface area contributed by atoms with E-state index in [-0.39, 0.29) is 5.91 Å². The molecule has 1 aromatic heterocycles. The molecule has 1 aliphatic heterocycles. The number of carbonyl (C=O) groups is 1. The van der Waals surface area contributed by atoms with Crippen LogP contribution in [0.5, 0.6) is 0 Å². The molecule has 3 rings (SSSR count). The maximum atomic E-state index is 12.5. The van der Waals surface area contributed by atoms with Crippen molar-refractivity contribution in [3.8, 4) is 0 Å². The Morgan fingerprint density at radius 3 is 2.54 bits per heavy atom. The van der Waals surface area contributed by atoms with E-state index in [1.165, 1.54) is 11.9 Å². The van der Waals surface area contributed by atoms with Crippen molar-refractivity contribution in [2.45, 2.75) is 13.8 Å². The van der Waals surface area contributed by atoms with E-state index in [0.29, 0.717) is 5.69 Å². The minimum atomic E-state index is -0.209. The van der Waals surface area contributed by atoms with Crippen LogP contribution in [0.4, 0.5) is 11.5 Å². The second-order valence-corrected chi connectivity index (χ2v) is 6.32. The van der Waals surface area contributed by atoms with E-state index < -0.39 is 0 Å². The first-order chi connectivity index (χ1) is 11.5. The number of likely N-dealkylation sites (N-methyl/N-ethyl adjacent to an activating group) is 1. The Labute approximate surface area is 142 Å². The van der Waals surface area contributed by atoms with Crippen molar-refractivity contribution >= 4 is 17.4 Å². The Balaban J connectivity index is 1.74. The Morgan fingerprint density at radius 1 is 1.08 bits per heavy atom. The van der Waals surface area contributed by atoms with Gasteiger partial charge in [-0.15, -0.1) is 0 Å². The number of nitrogens with zero attached hydrogens (tertiary/aromatic N) is 4. The minimum absolute atomic E-state index is 0.209. The van der Waals surface area contributed by atoms with Crippen LogP contribution >= 0.6 is 0 Å². The number of hydrogen-bond donors (Lipinski definition) is 1. The van der Waals surface area contributed by atoms with Gasteiger partial charge in [0.25, 0.3) is 5.91 Å². The fraction of sp³-hybridized carbons (Fsp3) is 0.389. The SMILES string of the molecule is Cc1ccc(NC(=O)c2cc(N3CCN(C)CC3)ncn2)c(C)c1. The van der Waals surface area contributed by atoms with Crippen LogP contribution in [0.25, 0.3) is 0 Å². The maximum absolute atomic E-state index is 12.5. The monoisotopic (exact) mass is 325 g/mol. The molecule has 0 unspecified atom stereocenters. The normalized spacial score (nSPS) is 15.4. The molecule has 1 aromatic carbocycles. The second-order valence-electron chi connectivity index (χ2n) is 6.32. The van der Waals surface area contributed by atoms with Crippen molar-refractivity contribution in [1.29, 1.82) is 0 Å². The average molecular weight is 325 g/mol. The molecule has 0 bridgehead atoms. The topological polar surface area (TPSA) is 61.4 Å². The predicted octanol–water partition coefficient (Wildman–Crippen LogP) is 2.10. The quantitative estimate of drug-likeness (QED) is 0.936. The van der Waals surface area contributed by atoms with Crippen LogP contribution in [0.1, 0.15) is 21.6 Å². The molecule has 2 heterocycles. The van der Waals surface area contributed by atoms with Crippen LogP contribution < -0.4 is 10.2 Å². The van der Waals surface area contributed by atoms with Crippen molar-refractivity contribution < 1.29 is 4.79 Å². The average Bonchev–Trinajstić information content (AvgIpc) is 2.58. The molecule has 0 atom stereocenters. The highest BCUT2D eigenvalue weighted by Crippen LogP contribution is 2.18. The van der Waals surface area contributed by atoms with Gasteiger partial charge in [-0.2, -0.15) is 0 Å². The first-order valence-corrected chi connectivity index (χ1v) is 8.17. The van der Waals surface area contributed by atoms with Crippen LogP contribution in [0.3, 0.4) is 0 Å². The van der Waals surface area contributed by atoms with E-state index in [0.717, 1.165) is 43.2 Å². The van der Waals surface area contributed by atoms with Gasteiger partial charge in [-0.3, -0.25) is 4.79 Å². The molecule has 6 nitrogen and oxygen atoms in total. The number of benzene rings is 1. The highest BCUT2D eigenvalue weighted by Gasteiger charge is 2.17. The van der Waals surface area contributed by atoms with Crippen LogP contribution in [-0.2, 0) is 0 Å². The molecule has 0 aliphatic carbocycles. The predicted molar refractivity (Wildman–Crippen MR) is 95.6 cm³/mol. The molecule has 2 aromatic rings. The Morgan fingerprint density at radius 2 is 1.83 bits per heavy atom. The lowest BCUT2D eigenvalue weighted by molar-refractivity contribution is 0.102. The summed E-state index contributed by atoms with van der Waals surface area (Å²) < 4.78 is 0. The summed E-state index contributed by atoms with van der Waals surface area (Å²) in [4.78, 5) is 25.4. The summed E-state index contributed by atoms with van der Waals surface area (Å²) in [7, 11) is 2.11. The lowest BCUT2D eigenvalue weighted by Crippen LogP contribution is -2.44. The summed E-state index contributed by atoms with van der Waals surface area (Å²) >= 11 is 0. The Bertz CT molecular complexity index is 738. The van der Waals surface area contributed by atoms with Crippen LogP contribution in [0.2, 0.25) is 0 Å². The third kappa shape index (κ3) is 3.71. The number of carbonyl (C=O) groups excluding carboxylic acids is 1. The van der Waals surface area contributed by atoms with E-state index in [4.69, 9.17) is 0 Å². The van der Waals surface area contributed by atoms with Gasteiger partial charge in [0.15, 0.2) is 0 Å². The second kappa shape index (κ2) is 6.97. The van der Waals surface area contributed by atoms with Crippen molar-refractivity contribution in [2.75, 3.05) is 43.4 Å². The van der Waals surface area contributed by atoms with Crippen LogP contribution in [-0.4, -0.2) is 54.0 Å². The molecule has 1 fully saturated rings. The molecular weight excluding hydrogens is 302 g/mol. The lowest BCUT2D eigenvalue weighted by atomic mass is 10.1. The molecule has 0 spiro atoms. The number of aryl methyl sites for hydroxylation is 2. The van der Waals surface area contributed by atoms with E-state index >= 15 is 0 Å². The van der Waals surface area contributed by atoms with Gasteiger partial charge in [0.05, 0.1) is 0 Å². The standard InChI is InChI=1S/C18H23N5O/c1-13-4-5-15(14(2)10-13)21-18(24)16-11-17(20-12-19-16)23-8-6-22(3)7-9-23/h4-5,10-12H,6-9H2,1-3H3,(H,21,24). The number of anilines is 2. The molecule has 1 aliphatic rings. The number of hydrogen-bond acceptors (Lipinski definition) is 5. The van der Waals surface area contributed by atoms with Crippen molar-refractivity contribution in [2.24, 2.45) is 0 Å². The maximum Gasteiger partial charge on any atom is 0.274 e. The van der Waals surface area contributed by atoms with Crippen molar-refractivity contribution in [3.63, 3.8) is 0 Å². The number of rotatable bonds is 3. The van der Waals surface area contributed by atoms with Crippen molar-refractivity contribution in [1.82, 2.24) is 14.9 Å². The molecule has 1 amide bonds. The zero-order valence-electron chi connectivity index (χ0n) is 14.4. The number of nitrogens with one attached hydrogen (secondary N) is 1. The van der Waals surface area contributed by atoms with Crippen LogP contribution in [0, 0.1) is 13.8 Å². The molecule has 24 heavy (non-hydrogen) atoms. The molecule has 126 valence electrons. The summed E-state index contributed by atoms with van der Waals surface area (Å²) in [5.41, 5.74) is 3.41. The minimum Gasteiger partial charge on any atom is -0.354 e. The summed E-state index contributed by atoms with van der Waals surface area (Å²) in [6.07, 6.45) is 1.46. The zero-order valence-corrected chi connectivity index (χ0v) is 14.4. The summed E-state index contributed by atoms with van der Waals surface area (Å²) in [5, 5.41) is 2.93. The lowest BCUT2D eigenvalue weighted by Gasteiger charge is -2.33. The smallest absolute Gasteiger partial charge is 0.274 e. The fourth-order valence-electron chi connectivity index (χ4n) is 2.82. The van der Waals surface area contributed by atoms with Gasteiger partial charge >= 0.3 is 0 Å². The van der Waals surface area contributed by atoms with E-state index in [9.17, 15) is 4.79 Å². The summed E-state index contributed by atoms with van der Waals surface area (Å²) in [6.45, 7) is 7.82. The van der Waals surface area contributed by atoms with Gasteiger partial charge in [-0.25, -0.2) is 9.97 Å². The molecule has 1 N–H and O–H groups in total. The number of piperazine rings is 1. The van der Waals surface area contributed by atoms with E-state index in [2.05, 4.69) is 32.1 Å².